The van der Waals surface area contributed by atoms with Crippen LogP contribution in [-0.4, -0.2) is 78.3 Å². The fourth-order valence-corrected chi connectivity index (χ4v) is 3.24. The number of piperazine rings is 1. The smallest absolute Gasteiger partial charge is 0.0512 e. The van der Waals surface area contributed by atoms with Crippen LogP contribution in [-0.2, 0) is 0 Å². The van der Waals surface area contributed by atoms with Crippen LogP contribution in [0.15, 0.2) is 0 Å². The molecular weight excluding hydrogens is 236 g/mol. The summed E-state index contributed by atoms with van der Waals surface area (Å²) in [5.74, 6) is 0. The first-order valence-electron chi connectivity index (χ1n) is 7.72. The molecule has 2 heterocycles. The summed E-state index contributed by atoms with van der Waals surface area (Å²) in [5, 5.41) is 3.44. The predicted octanol–water partition coefficient (Wildman–Crippen LogP) is 1.04. The summed E-state index contributed by atoms with van der Waals surface area (Å²) in [6.07, 6.45) is 0. The summed E-state index contributed by atoms with van der Waals surface area (Å²) in [7, 11) is 0. The molecule has 2 fully saturated rings. The first-order chi connectivity index (χ1) is 8.79. The van der Waals surface area contributed by atoms with Crippen LogP contribution in [0.4, 0.5) is 0 Å². The van der Waals surface area contributed by atoms with Crippen molar-refractivity contribution in [3.8, 4) is 0 Å². The van der Waals surface area contributed by atoms with Crippen LogP contribution in [0, 0.1) is 0 Å². The Hall–Kier alpha value is -0.160. The molecule has 112 valence electrons. The van der Waals surface area contributed by atoms with E-state index in [0.717, 1.165) is 19.8 Å². The highest BCUT2D eigenvalue weighted by atomic mass is 15.4. The molecule has 0 bridgehead atoms. The highest BCUT2D eigenvalue weighted by Crippen LogP contribution is 2.22. The van der Waals surface area contributed by atoms with E-state index >= 15 is 0 Å². The SMILES string of the molecule is CC(C)(C)N1CCN(CC(C)(C)N2CCNCC2)C1. The Morgan fingerprint density at radius 1 is 0.842 bits per heavy atom. The van der Waals surface area contributed by atoms with E-state index in [1.54, 1.807) is 0 Å². The molecule has 19 heavy (non-hydrogen) atoms. The molecule has 2 aliphatic rings. The minimum atomic E-state index is 0.288. The van der Waals surface area contributed by atoms with Crippen LogP contribution >= 0.6 is 0 Å². The molecule has 0 radical (unpaired) electrons. The Morgan fingerprint density at radius 2 is 1.47 bits per heavy atom. The summed E-state index contributed by atoms with van der Waals surface area (Å²) in [6.45, 7) is 21.1. The molecule has 0 aromatic rings. The molecule has 0 aromatic heterocycles. The van der Waals surface area contributed by atoms with Crippen molar-refractivity contribution >= 4 is 0 Å². The van der Waals surface area contributed by atoms with Gasteiger partial charge in [0.05, 0.1) is 6.67 Å². The lowest BCUT2D eigenvalue weighted by Gasteiger charge is -2.43. The normalized spacial score (nSPS) is 25.1. The lowest BCUT2D eigenvalue weighted by Crippen LogP contribution is -2.57. The predicted molar refractivity (Wildman–Crippen MR) is 81.4 cm³/mol. The second-order valence-electron chi connectivity index (χ2n) is 7.68. The second-order valence-corrected chi connectivity index (χ2v) is 7.68. The molecular formula is C15H32N4. The average Bonchev–Trinajstić information content (AvgIpc) is 2.78. The van der Waals surface area contributed by atoms with E-state index in [2.05, 4.69) is 54.6 Å². The molecule has 2 saturated heterocycles. The van der Waals surface area contributed by atoms with E-state index < -0.39 is 0 Å². The highest BCUT2D eigenvalue weighted by Gasteiger charge is 2.34. The van der Waals surface area contributed by atoms with Gasteiger partial charge in [0.1, 0.15) is 0 Å². The summed E-state index contributed by atoms with van der Waals surface area (Å²) in [4.78, 5) is 7.84. The van der Waals surface area contributed by atoms with Gasteiger partial charge in [0.15, 0.2) is 0 Å². The first kappa shape index (κ1) is 15.2. The fraction of sp³-hybridized carbons (Fsp3) is 1.00. The van der Waals surface area contributed by atoms with Gasteiger partial charge in [-0.3, -0.25) is 14.7 Å². The largest absolute Gasteiger partial charge is 0.314 e. The van der Waals surface area contributed by atoms with Crippen LogP contribution in [0.5, 0.6) is 0 Å². The van der Waals surface area contributed by atoms with Gasteiger partial charge >= 0.3 is 0 Å². The highest BCUT2D eigenvalue weighted by molar-refractivity contribution is 4.90. The topological polar surface area (TPSA) is 21.8 Å². The molecule has 0 aromatic carbocycles. The summed E-state index contributed by atoms with van der Waals surface area (Å²) >= 11 is 0. The van der Waals surface area contributed by atoms with Gasteiger partial charge < -0.3 is 5.32 Å². The van der Waals surface area contributed by atoms with E-state index in [0.29, 0.717) is 5.54 Å². The van der Waals surface area contributed by atoms with Crippen LogP contribution < -0.4 is 5.32 Å². The van der Waals surface area contributed by atoms with Crippen molar-refractivity contribution in [1.29, 1.82) is 0 Å². The average molecular weight is 268 g/mol. The quantitative estimate of drug-likeness (QED) is 0.826. The van der Waals surface area contributed by atoms with Crippen LogP contribution in [0.25, 0.3) is 0 Å². The molecule has 0 atom stereocenters. The third kappa shape index (κ3) is 3.91. The lowest BCUT2D eigenvalue weighted by atomic mass is 10.0. The molecule has 0 saturated carbocycles. The Bertz CT molecular complexity index is 289. The molecule has 2 aliphatic heterocycles. The zero-order valence-corrected chi connectivity index (χ0v) is 13.5. The molecule has 0 amide bonds. The van der Waals surface area contributed by atoms with E-state index in [4.69, 9.17) is 0 Å². The van der Waals surface area contributed by atoms with Crippen molar-refractivity contribution < 1.29 is 0 Å². The molecule has 4 nitrogen and oxygen atoms in total. The van der Waals surface area contributed by atoms with Crippen molar-refractivity contribution in [2.75, 3.05) is 52.5 Å². The van der Waals surface area contributed by atoms with Gasteiger partial charge in [-0.25, -0.2) is 0 Å². The van der Waals surface area contributed by atoms with Crippen molar-refractivity contribution in [3.63, 3.8) is 0 Å². The minimum Gasteiger partial charge on any atom is -0.314 e. The number of hydrogen-bond donors (Lipinski definition) is 1. The van der Waals surface area contributed by atoms with Crippen LogP contribution in [0.2, 0.25) is 0 Å². The maximum atomic E-state index is 3.44. The van der Waals surface area contributed by atoms with Crippen molar-refractivity contribution in [2.24, 2.45) is 0 Å². The molecule has 1 N–H and O–H groups in total. The van der Waals surface area contributed by atoms with E-state index in [9.17, 15) is 0 Å². The zero-order valence-electron chi connectivity index (χ0n) is 13.5. The Balaban J connectivity index is 1.87. The van der Waals surface area contributed by atoms with Crippen molar-refractivity contribution in [3.05, 3.63) is 0 Å². The van der Waals surface area contributed by atoms with Gasteiger partial charge in [0, 0.05) is 56.9 Å². The zero-order chi connectivity index (χ0) is 14.1. The standard InChI is InChI=1S/C15H32N4/c1-14(2,3)19-11-10-17(13-19)12-15(4,5)18-8-6-16-7-9-18/h16H,6-13H2,1-5H3. The molecule has 0 aliphatic carbocycles. The van der Waals surface area contributed by atoms with Gasteiger partial charge in [-0.15, -0.1) is 0 Å². The fourth-order valence-electron chi connectivity index (χ4n) is 3.24. The van der Waals surface area contributed by atoms with Crippen molar-refractivity contribution in [2.45, 2.75) is 45.7 Å². The van der Waals surface area contributed by atoms with Gasteiger partial charge in [-0.05, 0) is 34.6 Å². The van der Waals surface area contributed by atoms with Crippen molar-refractivity contribution in [1.82, 2.24) is 20.0 Å². The third-order valence-electron chi connectivity index (χ3n) is 4.59. The maximum absolute atomic E-state index is 3.44. The first-order valence-corrected chi connectivity index (χ1v) is 7.72. The Labute approximate surface area is 119 Å². The minimum absolute atomic E-state index is 0.288. The van der Waals surface area contributed by atoms with Gasteiger partial charge in [-0.1, -0.05) is 0 Å². The Morgan fingerprint density at radius 3 is 2.00 bits per heavy atom. The van der Waals surface area contributed by atoms with Crippen LogP contribution in [0.1, 0.15) is 34.6 Å². The lowest BCUT2D eigenvalue weighted by molar-refractivity contribution is 0.0573. The third-order valence-corrected chi connectivity index (χ3v) is 4.59. The monoisotopic (exact) mass is 268 g/mol. The Kier molecular flexibility index (Phi) is 4.56. The summed E-state index contributed by atoms with van der Waals surface area (Å²) < 4.78 is 0. The number of nitrogens with one attached hydrogen (secondary N) is 1. The van der Waals surface area contributed by atoms with Crippen LogP contribution in [0.3, 0.4) is 0 Å². The van der Waals surface area contributed by atoms with E-state index in [-0.39, 0.29) is 5.54 Å². The number of hydrogen-bond acceptors (Lipinski definition) is 4. The molecule has 2 rings (SSSR count). The van der Waals surface area contributed by atoms with E-state index in [1.165, 1.54) is 32.7 Å². The summed E-state index contributed by atoms with van der Waals surface area (Å²) in [6, 6.07) is 0. The molecule has 0 unspecified atom stereocenters. The van der Waals surface area contributed by atoms with Gasteiger partial charge in [0.25, 0.3) is 0 Å². The number of nitrogens with zero attached hydrogens (tertiary/aromatic N) is 3. The number of rotatable bonds is 3. The van der Waals surface area contributed by atoms with E-state index in [1.807, 2.05) is 0 Å². The maximum Gasteiger partial charge on any atom is 0.0512 e. The summed E-state index contributed by atoms with van der Waals surface area (Å²) in [5.41, 5.74) is 0.587. The second kappa shape index (κ2) is 5.68. The molecule has 0 spiro atoms. The van der Waals surface area contributed by atoms with Gasteiger partial charge in [0.2, 0.25) is 0 Å². The molecule has 4 heteroatoms. The van der Waals surface area contributed by atoms with Gasteiger partial charge in [-0.2, -0.15) is 0 Å².